The summed E-state index contributed by atoms with van der Waals surface area (Å²) in [5, 5.41) is 22.7. The Labute approximate surface area is 526 Å². The Hall–Kier alpha value is -2.74. The molecule has 1 heterocycles. The number of thiocarbonyl (C=S) groups is 1. The fourth-order valence-electron chi connectivity index (χ4n) is 2.11. The van der Waals surface area contributed by atoms with Crippen molar-refractivity contribution in [1.82, 2.24) is 37.3 Å². The van der Waals surface area contributed by atoms with E-state index in [4.69, 9.17) is 9.31 Å². The van der Waals surface area contributed by atoms with Crippen molar-refractivity contribution in [3.63, 3.8) is 0 Å². The molecule has 0 bridgehead atoms. The van der Waals surface area contributed by atoms with Crippen LogP contribution in [-0.4, -0.2) is 231 Å². The Morgan fingerprint density at radius 3 is 1.10 bits per heavy atom. The summed E-state index contributed by atoms with van der Waals surface area (Å²) in [6.07, 6.45) is 13.6. The Morgan fingerprint density at radius 1 is 0.679 bits per heavy atom. The SMILES string of the molecule is C/C=N/NCC.C/C=N/OCC.CB1O[C@@H](C)[C@@H](C)O1.CC(=O)OC(C)=O.CC=NCC.CNC(=O)NC.CNC(=O)OC.CNC(=S)NC.CNC(C)=O.COC(C)=O.COC(C)OC.CSC(C)(C)SC.CSSC.C[Se][Se]C. The summed E-state index contributed by atoms with van der Waals surface area (Å²) in [5.74, 6) is 3.18. The molecule has 0 aromatic heterocycles. The zero-order valence-corrected chi connectivity index (χ0v) is 63.1. The number of methoxy groups -OCH3 is 4. The number of hydrazone groups is 1. The van der Waals surface area contributed by atoms with Gasteiger partial charge in [0.2, 0.25) is 5.91 Å². The molecule has 1 saturated heterocycles. The van der Waals surface area contributed by atoms with Crippen LogP contribution >= 0.6 is 57.3 Å². The first kappa shape index (κ1) is 110. The zero-order valence-electron chi connectivity index (χ0n) is 55.6. The van der Waals surface area contributed by atoms with Crippen molar-refractivity contribution in [1.29, 1.82) is 0 Å². The predicted molar refractivity (Wildman–Crippen MR) is 361 cm³/mol. The number of nitrogens with one attached hydrogen (secondary N) is 7. The summed E-state index contributed by atoms with van der Waals surface area (Å²) in [6, 6.07) is -0.157. The minimum absolute atomic E-state index is 0.000000000000000222. The van der Waals surface area contributed by atoms with E-state index < -0.39 is 18.0 Å². The van der Waals surface area contributed by atoms with E-state index in [1.165, 1.54) is 49.0 Å². The number of amides is 4. The van der Waals surface area contributed by atoms with Gasteiger partial charge in [-0.1, -0.05) is 26.7 Å². The Bertz CT molecular complexity index is 1280. The summed E-state index contributed by atoms with van der Waals surface area (Å²) < 4.78 is 32.5. The van der Waals surface area contributed by atoms with Gasteiger partial charge in [0.25, 0.3) is 0 Å². The number of hydrogen-bond donors (Lipinski definition) is 7. The number of ether oxygens (including phenoxy) is 5. The molecular formula is C49H115BN10O14S5Se2. The van der Waals surface area contributed by atoms with Crippen molar-refractivity contribution in [2.24, 2.45) is 15.2 Å². The van der Waals surface area contributed by atoms with Crippen LogP contribution in [-0.2, 0) is 57.0 Å². The molecule has 490 valence electrons. The van der Waals surface area contributed by atoms with Crippen molar-refractivity contribution in [2.45, 2.75) is 145 Å². The topological polar surface area (TPSA) is 298 Å². The van der Waals surface area contributed by atoms with E-state index in [1.807, 2.05) is 92.7 Å². The molecule has 1 aliphatic heterocycles. The van der Waals surface area contributed by atoms with E-state index in [0.29, 0.717) is 15.8 Å². The van der Waals surface area contributed by atoms with Crippen LogP contribution in [0.4, 0.5) is 9.59 Å². The van der Waals surface area contributed by atoms with Gasteiger partial charge in [0.05, 0.1) is 30.5 Å². The predicted octanol–water partition coefficient (Wildman–Crippen LogP) is 8.02. The van der Waals surface area contributed by atoms with E-state index >= 15 is 0 Å². The molecule has 7 N–H and O–H groups in total. The van der Waals surface area contributed by atoms with E-state index in [0.717, 1.165) is 39.4 Å². The van der Waals surface area contributed by atoms with E-state index in [1.54, 1.807) is 89.7 Å². The summed E-state index contributed by atoms with van der Waals surface area (Å²) in [6.45, 7) is 31.4. The number of urea groups is 1. The number of hydrogen-bond acceptors (Lipinski definition) is 23. The number of carbonyl (C=O) groups excluding carboxylic acids is 6. The molecule has 0 aromatic carbocycles. The summed E-state index contributed by atoms with van der Waals surface area (Å²) in [4.78, 5) is 67.1. The van der Waals surface area contributed by atoms with Gasteiger partial charge in [0.15, 0.2) is 11.4 Å². The Morgan fingerprint density at radius 2 is 1.06 bits per heavy atom. The van der Waals surface area contributed by atoms with Crippen molar-refractivity contribution >= 4 is 150 Å². The number of rotatable bonds is 11. The standard InChI is InChI=1S/C5H11BO2.C5H12S2.C4H10N2.C4H9NO.C4H9N.C4H6O3.C4H10O2.C3H8N2O.C3H8N2S.C3H7NO2.C3H7NO.C3H6O2.C2H6S2.C2H6Se2/c1-4-5(2)8-6(3)7-4;1-5(2,6-3)7-4;2*1-3-5-6-4-2;1-3-5-4-2;1-3(5)7-4(2)6;1-4(5-2)6-3;2*1-4-3(6)5-2;1-4-3(5)6-2;1-3(5)4-2;1-3(4)5-2;2*1-3-4-2/h4-5H,1-3H3;1-4H3;3,6H,4H2,1-2H3;3H,4H2,1-2H3;3H,4H2,1-2H3;1-2H3;4H,1-3H3;2*1-2H3,(H2,4,5,6);1-2H3,(H,4,5);1-2H3,(H,4,5);1-2H3;2*1-2H3/b;;2*5-3+;;;;;;;;;;/t4-,5+;;;;;;;;;;;;;. The molecule has 2 atom stereocenters. The van der Waals surface area contributed by atoms with Gasteiger partial charge in [-0.05, 0) is 126 Å². The average Bonchev–Trinajstić information content (AvgIpc) is 3.76. The minimum atomic E-state index is -0.562. The quantitative estimate of drug-likeness (QED) is 0.0119. The van der Waals surface area contributed by atoms with Crippen LogP contribution in [0.5, 0.6) is 0 Å². The van der Waals surface area contributed by atoms with Crippen molar-refractivity contribution in [2.75, 3.05) is 115 Å². The average molecular weight is 1400 g/mol. The number of carbonyl (C=O) groups is 6. The van der Waals surface area contributed by atoms with Crippen LogP contribution in [0.15, 0.2) is 15.2 Å². The molecule has 1 fully saturated rings. The molecule has 0 saturated carbocycles. The molecule has 0 aliphatic carbocycles. The van der Waals surface area contributed by atoms with E-state index in [-0.39, 0.29) is 43.5 Å². The molecular weight excluding hydrogens is 1280 g/mol. The molecule has 4 amide bonds. The van der Waals surface area contributed by atoms with Gasteiger partial charge in [-0.3, -0.25) is 24.2 Å². The van der Waals surface area contributed by atoms with Gasteiger partial charge in [0, 0.05) is 110 Å². The summed E-state index contributed by atoms with van der Waals surface area (Å²) in [7, 11) is 19.2. The number of thioether (sulfide) groups is 2. The molecule has 81 heavy (non-hydrogen) atoms. The first-order valence-electron chi connectivity index (χ1n) is 24.6. The molecule has 0 spiro atoms. The van der Waals surface area contributed by atoms with Gasteiger partial charge >= 0.3 is 75.1 Å². The first-order chi connectivity index (χ1) is 37.8. The Balaban J connectivity index is -0.0000000561. The maximum atomic E-state index is 9.96. The van der Waals surface area contributed by atoms with Crippen LogP contribution < -0.4 is 37.3 Å². The monoisotopic (exact) mass is 1400 g/mol. The van der Waals surface area contributed by atoms with E-state index in [2.05, 4.69) is 144 Å². The van der Waals surface area contributed by atoms with Crippen LogP contribution in [0.25, 0.3) is 0 Å². The fourth-order valence-corrected chi connectivity index (χ4v) is 2.77. The fraction of sp³-hybridized carbons (Fsp3) is 0.796. The second-order valence-corrected chi connectivity index (χ2v) is 28.0. The van der Waals surface area contributed by atoms with Gasteiger partial charge in [-0.15, -0.1) is 23.5 Å². The normalized spacial score (nSPS) is 11.4. The van der Waals surface area contributed by atoms with Crippen LogP contribution in [0.2, 0.25) is 18.5 Å². The number of aliphatic imine (C=N–C) groups is 1. The summed E-state index contributed by atoms with van der Waals surface area (Å²) in [5.41, 5.74) is 2.77. The zero-order chi connectivity index (χ0) is 67.1. The van der Waals surface area contributed by atoms with Gasteiger partial charge in [0.1, 0.15) is 6.61 Å². The molecule has 0 radical (unpaired) electrons. The third-order valence-electron chi connectivity index (χ3n) is 6.73. The molecule has 24 nitrogen and oxygen atoms in total. The van der Waals surface area contributed by atoms with Gasteiger partial charge in [-0.2, -0.15) is 5.10 Å². The summed E-state index contributed by atoms with van der Waals surface area (Å²) >= 11 is 10.4. The molecule has 32 heteroatoms. The maximum absolute atomic E-state index is 9.96. The molecule has 1 aliphatic rings. The van der Waals surface area contributed by atoms with E-state index in [9.17, 15) is 28.8 Å². The van der Waals surface area contributed by atoms with Crippen LogP contribution in [0.3, 0.4) is 0 Å². The number of oxime groups is 1. The second-order valence-electron chi connectivity index (χ2n) is 13.2. The Kier molecular flexibility index (Phi) is 139. The number of nitrogens with zero attached hydrogens (tertiary/aromatic N) is 3. The second kappa shape index (κ2) is 102. The molecule has 0 unspecified atom stereocenters. The van der Waals surface area contributed by atoms with Crippen LogP contribution in [0.1, 0.15) is 104 Å². The number of esters is 3. The first-order valence-corrected chi connectivity index (χ1v) is 38.2. The third kappa shape index (κ3) is 180. The van der Waals surface area contributed by atoms with Gasteiger partial charge in [-0.25, -0.2) is 9.59 Å². The van der Waals surface area contributed by atoms with Crippen LogP contribution in [0, 0.1) is 0 Å². The molecule has 1 rings (SSSR count). The van der Waals surface area contributed by atoms with Gasteiger partial charge < -0.3 is 75.2 Å². The third-order valence-corrected chi connectivity index (χ3v) is 15.8. The van der Waals surface area contributed by atoms with Crippen molar-refractivity contribution in [3.05, 3.63) is 0 Å². The van der Waals surface area contributed by atoms with Crippen molar-refractivity contribution < 1.29 is 66.6 Å². The molecule has 0 aromatic rings. The number of alkyl carbamates (subject to hydrolysis) is 1. The van der Waals surface area contributed by atoms with Crippen molar-refractivity contribution in [3.8, 4) is 0 Å².